The molecule has 0 radical (unpaired) electrons. The van der Waals surface area contributed by atoms with Crippen molar-refractivity contribution in [3.63, 3.8) is 0 Å². The summed E-state index contributed by atoms with van der Waals surface area (Å²) in [5.74, 6) is -0.238. The molecule has 3 rings (SSSR count). The minimum absolute atomic E-state index is 0.0163. The van der Waals surface area contributed by atoms with E-state index in [0.717, 1.165) is 21.8 Å². The number of hydrogen-bond acceptors (Lipinski definition) is 3. The number of aromatic amines is 1. The van der Waals surface area contributed by atoms with Crippen molar-refractivity contribution in [2.75, 3.05) is 6.54 Å². The van der Waals surface area contributed by atoms with Crippen LogP contribution in [-0.2, 0) is 4.79 Å². The molecule has 0 fully saturated rings. The third-order valence-corrected chi connectivity index (χ3v) is 3.80. The first-order valence-corrected chi connectivity index (χ1v) is 7.17. The number of nitrogens with one attached hydrogen (secondary N) is 2. The molecule has 1 heterocycles. The van der Waals surface area contributed by atoms with Crippen molar-refractivity contribution in [1.29, 1.82) is 0 Å². The average Bonchev–Trinajstić information content (AvgIpc) is 2.89. The normalized spacial score (nSPS) is 14.1. The fraction of sp³-hybridized carbons (Fsp3) is 0.235. The van der Waals surface area contributed by atoms with Crippen LogP contribution in [0, 0.1) is 0 Å². The van der Waals surface area contributed by atoms with E-state index in [-0.39, 0.29) is 12.5 Å². The number of para-hydroxylation sites is 1. The molecule has 3 aromatic rings. The van der Waals surface area contributed by atoms with Gasteiger partial charge in [0.2, 0.25) is 5.91 Å². The molecular weight excluding hydrogens is 280 g/mol. The van der Waals surface area contributed by atoms with Gasteiger partial charge in [-0.05, 0) is 23.8 Å². The molecule has 4 N–H and O–H groups in total. The third-order valence-electron chi connectivity index (χ3n) is 3.80. The zero-order valence-electron chi connectivity index (χ0n) is 12.2. The Bertz CT molecular complexity index is 825. The van der Waals surface area contributed by atoms with E-state index in [0.29, 0.717) is 5.56 Å². The number of aromatic nitrogens is 1. The molecule has 0 spiro atoms. The number of aliphatic hydroxyl groups is 2. The molecule has 22 heavy (non-hydrogen) atoms. The van der Waals surface area contributed by atoms with E-state index in [4.69, 9.17) is 0 Å². The highest BCUT2D eigenvalue weighted by Crippen LogP contribution is 2.28. The van der Waals surface area contributed by atoms with Crippen LogP contribution in [0.4, 0.5) is 0 Å². The lowest BCUT2D eigenvalue weighted by Gasteiger charge is -2.18. The van der Waals surface area contributed by atoms with Crippen molar-refractivity contribution in [2.24, 2.45) is 0 Å². The first-order chi connectivity index (χ1) is 10.6. The number of rotatable bonds is 4. The zero-order valence-corrected chi connectivity index (χ0v) is 12.2. The van der Waals surface area contributed by atoms with E-state index in [1.54, 1.807) is 6.07 Å². The van der Waals surface area contributed by atoms with Crippen LogP contribution in [0.5, 0.6) is 0 Å². The summed E-state index contributed by atoms with van der Waals surface area (Å²) in [5.41, 5.74) is 2.63. The van der Waals surface area contributed by atoms with E-state index in [1.807, 2.05) is 36.4 Å². The summed E-state index contributed by atoms with van der Waals surface area (Å²) in [6.07, 6.45) is -2.10. The second-order valence-electron chi connectivity index (χ2n) is 5.42. The number of carbonyl (C=O) groups excluding carboxylic acids is 1. The van der Waals surface area contributed by atoms with Crippen LogP contribution < -0.4 is 5.32 Å². The van der Waals surface area contributed by atoms with Crippen LogP contribution in [0.1, 0.15) is 18.6 Å². The minimum atomic E-state index is -1.05. The molecule has 114 valence electrons. The van der Waals surface area contributed by atoms with Gasteiger partial charge >= 0.3 is 0 Å². The summed E-state index contributed by atoms with van der Waals surface area (Å²) in [4.78, 5) is 14.2. The number of benzene rings is 2. The molecule has 0 saturated heterocycles. The topological polar surface area (TPSA) is 85.3 Å². The molecule has 1 amide bonds. The molecule has 0 saturated carbocycles. The van der Waals surface area contributed by atoms with Crippen molar-refractivity contribution >= 4 is 27.7 Å². The lowest BCUT2D eigenvalue weighted by molar-refractivity contribution is -0.119. The second-order valence-corrected chi connectivity index (χ2v) is 5.42. The predicted octanol–water partition coefficient (Wildman–Crippen LogP) is 1.85. The molecule has 0 aliphatic heterocycles. The third kappa shape index (κ3) is 2.68. The summed E-state index contributed by atoms with van der Waals surface area (Å²) >= 11 is 0. The molecular formula is C17H18N2O3. The highest BCUT2D eigenvalue weighted by Gasteiger charge is 2.19. The first kappa shape index (κ1) is 14.6. The molecule has 0 aliphatic rings. The number of H-pyrrole nitrogens is 1. The highest BCUT2D eigenvalue weighted by molar-refractivity contribution is 6.07. The van der Waals surface area contributed by atoms with Gasteiger partial charge in [-0.15, -0.1) is 0 Å². The van der Waals surface area contributed by atoms with Crippen molar-refractivity contribution in [2.45, 2.75) is 19.1 Å². The SMILES string of the molecule is CC(=O)NCC(O)C(O)c1ccc2[nH]c3ccccc3c2c1. The van der Waals surface area contributed by atoms with Crippen molar-refractivity contribution < 1.29 is 15.0 Å². The van der Waals surface area contributed by atoms with Crippen LogP contribution in [-0.4, -0.2) is 33.8 Å². The van der Waals surface area contributed by atoms with Crippen LogP contribution in [0.25, 0.3) is 21.8 Å². The summed E-state index contributed by atoms with van der Waals surface area (Å²) in [5, 5.41) is 24.8. The Morgan fingerprint density at radius 3 is 2.64 bits per heavy atom. The zero-order chi connectivity index (χ0) is 15.7. The highest BCUT2D eigenvalue weighted by atomic mass is 16.3. The van der Waals surface area contributed by atoms with Crippen LogP contribution in [0.2, 0.25) is 0 Å². The molecule has 0 bridgehead atoms. The first-order valence-electron chi connectivity index (χ1n) is 7.17. The Hall–Kier alpha value is -2.37. The smallest absolute Gasteiger partial charge is 0.216 e. The van der Waals surface area contributed by atoms with Gasteiger partial charge in [0.05, 0.1) is 0 Å². The molecule has 0 aliphatic carbocycles. The van der Waals surface area contributed by atoms with Crippen LogP contribution >= 0.6 is 0 Å². The standard InChI is InChI=1S/C17H18N2O3/c1-10(20)18-9-16(21)17(22)11-6-7-15-13(8-11)12-4-2-3-5-14(12)19-15/h2-8,16-17,19,21-22H,9H2,1H3,(H,18,20). The lowest BCUT2D eigenvalue weighted by atomic mass is 10.0. The molecule has 2 aromatic carbocycles. The summed E-state index contributed by atoms with van der Waals surface area (Å²) in [6, 6.07) is 13.5. The molecule has 5 heteroatoms. The summed E-state index contributed by atoms with van der Waals surface area (Å²) < 4.78 is 0. The Labute approximate surface area is 127 Å². The quantitative estimate of drug-likeness (QED) is 0.593. The predicted molar refractivity (Wildman–Crippen MR) is 85.5 cm³/mol. The van der Waals surface area contributed by atoms with Gasteiger partial charge in [0.15, 0.2) is 0 Å². The van der Waals surface area contributed by atoms with E-state index in [1.165, 1.54) is 6.92 Å². The average molecular weight is 298 g/mol. The van der Waals surface area contributed by atoms with Crippen molar-refractivity contribution in [3.8, 4) is 0 Å². The Balaban J connectivity index is 1.93. The fourth-order valence-electron chi connectivity index (χ4n) is 2.63. The molecule has 2 atom stereocenters. The second kappa shape index (κ2) is 5.79. The molecule has 1 aromatic heterocycles. The van der Waals surface area contributed by atoms with Gasteiger partial charge in [-0.25, -0.2) is 0 Å². The van der Waals surface area contributed by atoms with Gasteiger partial charge in [-0.1, -0.05) is 24.3 Å². The van der Waals surface area contributed by atoms with Crippen molar-refractivity contribution in [3.05, 3.63) is 48.0 Å². The van der Waals surface area contributed by atoms with E-state index in [2.05, 4.69) is 10.3 Å². The fourth-order valence-corrected chi connectivity index (χ4v) is 2.63. The maximum absolute atomic E-state index is 10.9. The number of fused-ring (bicyclic) bond motifs is 3. The van der Waals surface area contributed by atoms with E-state index >= 15 is 0 Å². The minimum Gasteiger partial charge on any atom is -0.388 e. The number of aliphatic hydroxyl groups excluding tert-OH is 2. The maximum atomic E-state index is 10.9. The van der Waals surface area contributed by atoms with Gasteiger partial charge in [-0.2, -0.15) is 0 Å². The van der Waals surface area contributed by atoms with Gasteiger partial charge in [0, 0.05) is 35.3 Å². The molecule has 5 nitrogen and oxygen atoms in total. The van der Waals surface area contributed by atoms with Gasteiger partial charge in [-0.3, -0.25) is 4.79 Å². The Morgan fingerprint density at radius 2 is 1.86 bits per heavy atom. The Kier molecular flexibility index (Phi) is 3.83. The maximum Gasteiger partial charge on any atom is 0.216 e. The van der Waals surface area contributed by atoms with Gasteiger partial charge < -0.3 is 20.5 Å². The van der Waals surface area contributed by atoms with Gasteiger partial charge in [0.1, 0.15) is 12.2 Å². The molecule has 2 unspecified atom stereocenters. The largest absolute Gasteiger partial charge is 0.388 e. The summed E-state index contributed by atoms with van der Waals surface area (Å²) in [6.45, 7) is 1.39. The van der Waals surface area contributed by atoms with Crippen LogP contribution in [0.15, 0.2) is 42.5 Å². The van der Waals surface area contributed by atoms with Gasteiger partial charge in [0.25, 0.3) is 0 Å². The monoisotopic (exact) mass is 298 g/mol. The van der Waals surface area contributed by atoms with E-state index < -0.39 is 12.2 Å². The lowest BCUT2D eigenvalue weighted by Crippen LogP contribution is -2.34. The summed E-state index contributed by atoms with van der Waals surface area (Å²) in [7, 11) is 0. The number of carbonyl (C=O) groups is 1. The van der Waals surface area contributed by atoms with E-state index in [9.17, 15) is 15.0 Å². The van der Waals surface area contributed by atoms with Crippen LogP contribution in [0.3, 0.4) is 0 Å². The number of amides is 1. The Morgan fingerprint density at radius 1 is 1.14 bits per heavy atom. The van der Waals surface area contributed by atoms with Crippen molar-refractivity contribution in [1.82, 2.24) is 10.3 Å². The number of hydrogen-bond donors (Lipinski definition) is 4.